The van der Waals surface area contributed by atoms with Crippen LogP contribution in [0.15, 0.2) is 38.7 Å². The molecule has 0 fully saturated rings. The molecule has 3 aromatic rings. The first kappa shape index (κ1) is 15.7. The van der Waals surface area contributed by atoms with Gasteiger partial charge in [0.25, 0.3) is 0 Å². The molecule has 0 bridgehead atoms. The van der Waals surface area contributed by atoms with Crippen molar-refractivity contribution in [1.29, 1.82) is 0 Å². The number of aryl methyl sites for hydroxylation is 1. The minimum atomic E-state index is 0.246. The van der Waals surface area contributed by atoms with Gasteiger partial charge >= 0.3 is 0 Å². The summed E-state index contributed by atoms with van der Waals surface area (Å²) in [5.41, 5.74) is 2.61. The summed E-state index contributed by atoms with van der Waals surface area (Å²) in [7, 11) is 0. The number of rotatable bonds is 4. The van der Waals surface area contributed by atoms with E-state index < -0.39 is 0 Å². The highest BCUT2D eigenvalue weighted by Gasteiger charge is 2.34. The van der Waals surface area contributed by atoms with E-state index in [2.05, 4.69) is 35.6 Å². The first-order valence-corrected chi connectivity index (χ1v) is 9.19. The average molecular weight is 342 g/mol. The Hall–Kier alpha value is -1.85. The number of nitrogens with one attached hydrogen (secondary N) is 1. The van der Waals surface area contributed by atoms with E-state index in [0.29, 0.717) is 6.04 Å². The highest BCUT2D eigenvalue weighted by molar-refractivity contribution is 7.13. The van der Waals surface area contributed by atoms with Gasteiger partial charge in [0.15, 0.2) is 10.8 Å². The zero-order valence-corrected chi connectivity index (χ0v) is 15.1. The lowest BCUT2D eigenvalue weighted by molar-refractivity contribution is 0.233. The van der Waals surface area contributed by atoms with Crippen LogP contribution in [-0.2, 0) is 13.0 Å². The summed E-state index contributed by atoms with van der Waals surface area (Å²) in [6.45, 7) is 7.39. The van der Waals surface area contributed by atoms with Crippen LogP contribution in [0.5, 0.6) is 0 Å². The molecule has 5 heteroatoms. The molecule has 126 valence electrons. The number of furan rings is 2. The molecular formula is C19H22N2O2S. The monoisotopic (exact) mass is 342 g/mol. The predicted molar refractivity (Wildman–Crippen MR) is 94.9 cm³/mol. The second kappa shape index (κ2) is 5.90. The molecule has 0 amide bonds. The number of hydrogen-bond donors (Lipinski definition) is 1. The molecule has 0 unspecified atom stereocenters. The molecule has 0 spiro atoms. The molecule has 0 saturated carbocycles. The zero-order chi connectivity index (χ0) is 16.7. The minimum absolute atomic E-state index is 0.246. The van der Waals surface area contributed by atoms with Crippen LogP contribution >= 0.6 is 11.3 Å². The first-order valence-electron chi connectivity index (χ1n) is 8.31. The average Bonchev–Trinajstić information content (AvgIpc) is 3.23. The number of thiazole rings is 1. The second-order valence-corrected chi connectivity index (χ2v) is 8.19. The van der Waals surface area contributed by atoms with Gasteiger partial charge in [-0.15, -0.1) is 11.3 Å². The van der Waals surface area contributed by atoms with E-state index in [9.17, 15) is 0 Å². The van der Waals surface area contributed by atoms with Crippen molar-refractivity contribution in [3.63, 3.8) is 0 Å². The minimum Gasteiger partial charge on any atom is -0.466 e. The molecule has 24 heavy (non-hydrogen) atoms. The molecule has 4 nitrogen and oxygen atoms in total. The van der Waals surface area contributed by atoms with E-state index in [4.69, 9.17) is 8.83 Å². The van der Waals surface area contributed by atoms with Gasteiger partial charge in [0.2, 0.25) is 0 Å². The van der Waals surface area contributed by atoms with Gasteiger partial charge in [-0.05, 0) is 37.0 Å². The van der Waals surface area contributed by atoms with E-state index in [1.54, 1.807) is 17.6 Å². The van der Waals surface area contributed by atoms with Crippen molar-refractivity contribution in [2.45, 2.75) is 46.2 Å². The Kier molecular flexibility index (Phi) is 3.85. The van der Waals surface area contributed by atoms with E-state index in [0.717, 1.165) is 47.4 Å². The van der Waals surface area contributed by atoms with Crippen molar-refractivity contribution in [2.24, 2.45) is 5.41 Å². The van der Waals surface area contributed by atoms with E-state index >= 15 is 0 Å². The van der Waals surface area contributed by atoms with Gasteiger partial charge in [-0.2, -0.15) is 0 Å². The zero-order valence-electron chi connectivity index (χ0n) is 14.3. The highest BCUT2D eigenvalue weighted by atomic mass is 32.1. The van der Waals surface area contributed by atoms with Crippen molar-refractivity contribution < 1.29 is 8.83 Å². The van der Waals surface area contributed by atoms with Gasteiger partial charge < -0.3 is 14.2 Å². The molecule has 0 saturated heterocycles. The Morgan fingerprint density at radius 2 is 2.29 bits per heavy atom. The normalized spacial score (nSPS) is 19.4. The van der Waals surface area contributed by atoms with Gasteiger partial charge in [0, 0.05) is 30.0 Å². The third-order valence-corrected chi connectivity index (χ3v) is 5.46. The lowest BCUT2D eigenvalue weighted by atomic mass is 9.74. The topological polar surface area (TPSA) is 51.2 Å². The maximum Gasteiger partial charge on any atom is 0.162 e. The Morgan fingerprint density at radius 1 is 1.42 bits per heavy atom. The summed E-state index contributed by atoms with van der Waals surface area (Å²) in [6.07, 6.45) is 3.80. The van der Waals surface area contributed by atoms with Crippen LogP contribution in [0.2, 0.25) is 0 Å². The molecular weight excluding hydrogens is 320 g/mol. The Balaban J connectivity index is 1.49. The fourth-order valence-corrected chi connectivity index (χ4v) is 4.28. The van der Waals surface area contributed by atoms with Crippen molar-refractivity contribution >= 4 is 11.3 Å². The van der Waals surface area contributed by atoms with Gasteiger partial charge in [-0.25, -0.2) is 4.98 Å². The summed E-state index contributed by atoms with van der Waals surface area (Å²) in [4.78, 5) is 4.67. The van der Waals surface area contributed by atoms with Crippen molar-refractivity contribution in [1.82, 2.24) is 10.3 Å². The molecule has 0 aliphatic heterocycles. The smallest absolute Gasteiger partial charge is 0.162 e. The molecule has 0 radical (unpaired) electrons. The molecule has 1 atom stereocenters. The molecule has 3 heterocycles. The lowest BCUT2D eigenvalue weighted by Crippen LogP contribution is -2.32. The third kappa shape index (κ3) is 3.06. The first-order chi connectivity index (χ1) is 11.5. The van der Waals surface area contributed by atoms with Crippen LogP contribution in [0.25, 0.3) is 10.8 Å². The number of nitrogens with zero attached hydrogens (tertiary/aromatic N) is 1. The second-order valence-electron chi connectivity index (χ2n) is 7.34. The fraction of sp³-hybridized carbons (Fsp3) is 0.421. The molecule has 1 aliphatic carbocycles. The van der Waals surface area contributed by atoms with E-state index in [1.165, 1.54) is 5.56 Å². The third-order valence-electron chi connectivity index (χ3n) is 4.55. The van der Waals surface area contributed by atoms with Gasteiger partial charge in [0.1, 0.15) is 11.5 Å². The molecule has 3 aromatic heterocycles. The Labute approximate surface area is 145 Å². The van der Waals surface area contributed by atoms with E-state index in [1.807, 2.05) is 19.1 Å². The molecule has 0 aromatic carbocycles. The van der Waals surface area contributed by atoms with Crippen molar-refractivity contribution in [2.75, 3.05) is 0 Å². The maximum absolute atomic E-state index is 5.91. The van der Waals surface area contributed by atoms with Crippen LogP contribution in [0.1, 0.15) is 49.1 Å². The van der Waals surface area contributed by atoms with Crippen molar-refractivity contribution in [3.8, 4) is 10.8 Å². The lowest BCUT2D eigenvalue weighted by Gasteiger charge is -2.34. The number of hydrogen-bond acceptors (Lipinski definition) is 5. The SMILES string of the molecule is Cc1cc2c(o1)CC(C)(C)C[C@H]2NCc1csc(-c2ccco2)n1. The van der Waals surface area contributed by atoms with Crippen LogP contribution in [-0.4, -0.2) is 4.98 Å². The van der Waals surface area contributed by atoms with E-state index in [-0.39, 0.29) is 5.41 Å². The number of fused-ring (bicyclic) bond motifs is 1. The quantitative estimate of drug-likeness (QED) is 0.716. The Morgan fingerprint density at radius 3 is 3.08 bits per heavy atom. The molecule has 1 aliphatic rings. The van der Waals surface area contributed by atoms with Crippen LogP contribution in [0, 0.1) is 12.3 Å². The Bertz CT molecular complexity index is 830. The van der Waals surface area contributed by atoms with Crippen LogP contribution < -0.4 is 5.32 Å². The van der Waals surface area contributed by atoms with Crippen LogP contribution in [0.4, 0.5) is 0 Å². The molecule has 1 N–H and O–H groups in total. The summed E-state index contributed by atoms with van der Waals surface area (Å²) in [5, 5.41) is 6.70. The van der Waals surface area contributed by atoms with Gasteiger partial charge in [0.05, 0.1) is 12.0 Å². The summed E-state index contributed by atoms with van der Waals surface area (Å²) >= 11 is 1.62. The van der Waals surface area contributed by atoms with Crippen molar-refractivity contribution in [3.05, 3.63) is 52.6 Å². The molecule has 4 rings (SSSR count). The maximum atomic E-state index is 5.91. The largest absolute Gasteiger partial charge is 0.466 e. The summed E-state index contributed by atoms with van der Waals surface area (Å²) in [5.74, 6) is 2.96. The predicted octanol–water partition coefficient (Wildman–Crippen LogP) is 5.11. The summed E-state index contributed by atoms with van der Waals surface area (Å²) in [6, 6.07) is 6.33. The number of aromatic nitrogens is 1. The summed E-state index contributed by atoms with van der Waals surface area (Å²) < 4.78 is 11.3. The van der Waals surface area contributed by atoms with Crippen LogP contribution in [0.3, 0.4) is 0 Å². The van der Waals surface area contributed by atoms with Gasteiger partial charge in [-0.3, -0.25) is 0 Å². The standard InChI is InChI=1S/C19H22N2O2S/c1-12-7-14-15(8-19(2,3)9-17(14)23-12)20-10-13-11-24-18(21-13)16-5-4-6-22-16/h4-7,11,15,20H,8-10H2,1-3H3/t15-/m1/s1. The van der Waals surface area contributed by atoms with Gasteiger partial charge in [-0.1, -0.05) is 13.8 Å². The highest BCUT2D eigenvalue weighted by Crippen LogP contribution is 2.42. The fourth-order valence-electron chi connectivity index (χ4n) is 3.50.